The third-order valence-electron chi connectivity index (χ3n) is 5.17. The van der Waals surface area contributed by atoms with Gasteiger partial charge in [0.05, 0.1) is 5.56 Å². The molecule has 2 fully saturated rings. The molecule has 2 aliphatic rings. The van der Waals surface area contributed by atoms with Gasteiger partial charge in [0.25, 0.3) is 0 Å². The summed E-state index contributed by atoms with van der Waals surface area (Å²) in [6, 6.07) is 4.22. The van der Waals surface area contributed by atoms with E-state index in [0.29, 0.717) is 0 Å². The number of hydrogen-bond donors (Lipinski definition) is 1. The van der Waals surface area contributed by atoms with Crippen LogP contribution in [0.15, 0.2) is 18.2 Å². The minimum Gasteiger partial charge on any atom is -0.315 e. The fourth-order valence-corrected chi connectivity index (χ4v) is 3.97. The molecule has 104 valence electrons. The molecule has 1 N–H and O–H groups in total. The molecule has 1 aromatic carbocycles. The third-order valence-corrected chi connectivity index (χ3v) is 5.17. The fourth-order valence-electron chi connectivity index (χ4n) is 3.97. The van der Waals surface area contributed by atoms with E-state index in [0.717, 1.165) is 37.1 Å². The van der Waals surface area contributed by atoms with Crippen molar-refractivity contribution in [1.82, 2.24) is 5.32 Å². The lowest BCUT2D eigenvalue weighted by Gasteiger charge is -2.20. The van der Waals surface area contributed by atoms with Crippen LogP contribution < -0.4 is 5.32 Å². The fraction of sp³-hybridized carbons (Fsp3) is 0.600. The molecule has 3 rings (SSSR count). The van der Waals surface area contributed by atoms with E-state index in [2.05, 4.69) is 12.2 Å². The standard InChI is InChI=1S/C15H18F3N/c1-3-13-7-14(13,9-19-8-13)12-5-4-11(6-10(12)2)15(16,17)18/h4-6,19H,3,7-9H2,1-2H3. The van der Waals surface area contributed by atoms with Crippen molar-refractivity contribution in [1.29, 1.82) is 0 Å². The predicted octanol–water partition coefficient (Wildman–Crippen LogP) is 3.65. The Balaban J connectivity index is 2.00. The van der Waals surface area contributed by atoms with Gasteiger partial charge in [-0.2, -0.15) is 13.2 Å². The summed E-state index contributed by atoms with van der Waals surface area (Å²) in [7, 11) is 0. The van der Waals surface area contributed by atoms with E-state index in [1.54, 1.807) is 13.0 Å². The van der Waals surface area contributed by atoms with Crippen molar-refractivity contribution in [2.45, 2.75) is 38.3 Å². The number of halogens is 3. The Morgan fingerprint density at radius 3 is 2.53 bits per heavy atom. The van der Waals surface area contributed by atoms with Crippen molar-refractivity contribution in [3.63, 3.8) is 0 Å². The molecule has 1 aliphatic heterocycles. The number of hydrogen-bond acceptors (Lipinski definition) is 1. The number of piperidine rings is 1. The highest BCUT2D eigenvalue weighted by atomic mass is 19.4. The molecule has 1 saturated carbocycles. The van der Waals surface area contributed by atoms with Gasteiger partial charge in [0.15, 0.2) is 0 Å². The van der Waals surface area contributed by atoms with E-state index < -0.39 is 11.7 Å². The predicted molar refractivity (Wildman–Crippen MR) is 68.1 cm³/mol. The Bertz CT molecular complexity index is 523. The van der Waals surface area contributed by atoms with Gasteiger partial charge < -0.3 is 5.32 Å². The molecule has 0 bridgehead atoms. The summed E-state index contributed by atoms with van der Waals surface area (Å²) in [5, 5.41) is 3.40. The highest BCUT2D eigenvalue weighted by molar-refractivity contribution is 5.47. The van der Waals surface area contributed by atoms with E-state index in [1.165, 1.54) is 12.1 Å². The number of rotatable bonds is 2. The summed E-state index contributed by atoms with van der Waals surface area (Å²) in [4.78, 5) is 0. The van der Waals surface area contributed by atoms with Crippen LogP contribution in [-0.2, 0) is 11.6 Å². The normalized spacial score (nSPS) is 33.3. The van der Waals surface area contributed by atoms with Gasteiger partial charge >= 0.3 is 6.18 Å². The van der Waals surface area contributed by atoms with Crippen LogP contribution in [0.4, 0.5) is 13.2 Å². The first-order valence-corrected chi connectivity index (χ1v) is 6.74. The molecule has 1 heterocycles. The van der Waals surface area contributed by atoms with Crippen LogP contribution >= 0.6 is 0 Å². The van der Waals surface area contributed by atoms with Gasteiger partial charge in [-0.3, -0.25) is 0 Å². The summed E-state index contributed by atoms with van der Waals surface area (Å²) < 4.78 is 38.1. The molecule has 2 unspecified atom stereocenters. The molecule has 0 radical (unpaired) electrons. The zero-order valence-electron chi connectivity index (χ0n) is 11.2. The number of benzene rings is 1. The van der Waals surface area contributed by atoms with Crippen molar-refractivity contribution < 1.29 is 13.2 Å². The molecule has 19 heavy (non-hydrogen) atoms. The maximum atomic E-state index is 12.7. The topological polar surface area (TPSA) is 12.0 Å². The molecule has 1 nitrogen and oxygen atoms in total. The van der Waals surface area contributed by atoms with Crippen LogP contribution in [0.1, 0.15) is 36.5 Å². The molecule has 4 heteroatoms. The van der Waals surface area contributed by atoms with E-state index in [1.807, 2.05) is 0 Å². The highest BCUT2D eigenvalue weighted by Gasteiger charge is 2.69. The first-order valence-electron chi connectivity index (χ1n) is 6.74. The zero-order valence-corrected chi connectivity index (χ0v) is 11.2. The van der Waals surface area contributed by atoms with Crippen molar-refractivity contribution in [3.8, 4) is 0 Å². The Labute approximate surface area is 111 Å². The molecule has 1 aromatic rings. The smallest absolute Gasteiger partial charge is 0.315 e. The van der Waals surface area contributed by atoms with Gasteiger partial charge in [-0.15, -0.1) is 0 Å². The van der Waals surface area contributed by atoms with Crippen LogP contribution in [0.2, 0.25) is 0 Å². The summed E-state index contributed by atoms with van der Waals surface area (Å²) in [5.41, 5.74) is 1.69. The average Bonchev–Trinajstić information content (AvgIpc) is 2.85. The van der Waals surface area contributed by atoms with Crippen LogP contribution in [0, 0.1) is 12.3 Å². The van der Waals surface area contributed by atoms with Crippen molar-refractivity contribution in [3.05, 3.63) is 34.9 Å². The van der Waals surface area contributed by atoms with Gasteiger partial charge in [-0.05, 0) is 48.4 Å². The van der Waals surface area contributed by atoms with Gasteiger partial charge in [-0.25, -0.2) is 0 Å². The summed E-state index contributed by atoms with van der Waals surface area (Å²) in [6.07, 6.45) is -2.06. The molecular formula is C15H18F3N. The van der Waals surface area contributed by atoms with Gasteiger partial charge in [0, 0.05) is 18.5 Å². The second kappa shape index (κ2) is 3.75. The Hall–Kier alpha value is -1.03. The lowest BCUT2D eigenvalue weighted by Crippen LogP contribution is -2.20. The monoisotopic (exact) mass is 269 g/mol. The van der Waals surface area contributed by atoms with Gasteiger partial charge in [0.1, 0.15) is 0 Å². The van der Waals surface area contributed by atoms with Crippen molar-refractivity contribution in [2.75, 3.05) is 13.1 Å². The third kappa shape index (κ3) is 1.65. The van der Waals surface area contributed by atoms with Crippen LogP contribution in [0.5, 0.6) is 0 Å². The lowest BCUT2D eigenvalue weighted by molar-refractivity contribution is -0.137. The van der Waals surface area contributed by atoms with E-state index in [4.69, 9.17) is 0 Å². The second-order valence-electron chi connectivity index (χ2n) is 6.02. The average molecular weight is 269 g/mol. The number of alkyl halides is 3. The van der Waals surface area contributed by atoms with Crippen LogP contribution in [0.25, 0.3) is 0 Å². The minimum absolute atomic E-state index is 0.0793. The quantitative estimate of drug-likeness (QED) is 0.864. The van der Waals surface area contributed by atoms with E-state index in [9.17, 15) is 13.2 Å². The van der Waals surface area contributed by atoms with Crippen molar-refractivity contribution >= 4 is 0 Å². The second-order valence-corrected chi connectivity index (χ2v) is 6.02. The molecule has 1 saturated heterocycles. The number of fused-ring (bicyclic) bond motifs is 1. The molecule has 0 spiro atoms. The SMILES string of the molecule is CCC12CNCC1(c1ccc(C(F)(F)F)cc1C)C2. The first kappa shape index (κ1) is 13.0. The first-order chi connectivity index (χ1) is 8.85. The highest BCUT2D eigenvalue weighted by Crippen LogP contribution is 2.69. The maximum Gasteiger partial charge on any atom is 0.416 e. The zero-order chi connectivity index (χ0) is 13.9. The Morgan fingerprint density at radius 1 is 1.26 bits per heavy atom. The van der Waals surface area contributed by atoms with E-state index in [-0.39, 0.29) is 10.8 Å². The number of nitrogens with one attached hydrogen (secondary N) is 1. The number of aryl methyl sites for hydroxylation is 1. The van der Waals surface area contributed by atoms with Crippen molar-refractivity contribution in [2.24, 2.45) is 5.41 Å². The molecule has 1 aliphatic carbocycles. The summed E-state index contributed by atoms with van der Waals surface area (Å²) >= 11 is 0. The van der Waals surface area contributed by atoms with Crippen LogP contribution in [-0.4, -0.2) is 13.1 Å². The largest absolute Gasteiger partial charge is 0.416 e. The lowest BCUT2D eigenvalue weighted by atomic mass is 9.84. The van der Waals surface area contributed by atoms with Gasteiger partial charge in [0.2, 0.25) is 0 Å². The maximum absolute atomic E-state index is 12.7. The Morgan fingerprint density at radius 2 is 2.00 bits per heavy atom. The van der Waals surface area contributed by atoms with Crippen LogP contribution in [0.3, 0.4) is 0 Å². The minimum atomic E-state index is -4.25. The molecule has 0 amide bonds. The van der Waals surface area contributed by atoms with Gasteiger partial charge in [-0.1, -0.05) is 13.0 Å². The van der Waals surface area contributed by atoms with E-state index >= 15 is 0 Å². The molecule has 0 aromatic heterocycles. The molecular weight excluding hydrogens is 251 g/mol. The molecule has 2 atom stereocenters. The Kier molecular flexibility index (Phi) is 2.56. The summed E-state index contributed by atoms with van der Waals surface area (Å²) in [6.45, 7) is 5.86. The summed E-state index contributed by atoms with van der Waals surface area (Å²) in [5.74, 6) is 0.